The summed E-state index contributed by atoms with van der Waals surface area (Å²) in [6, 6.07) is 0. The summed E-state index contributed by atoms with van der Waals surface area (Å²) in [4.78, 5) is 0. The molecule has 0 spiro atoms. The number of hydrogen-bond donors (Lipinski definition) is 0. The molecule has 1 aliphatic rings. The van der Waals surface area contributed by atoms with Crippen LogP contribution in [-0.2, 0) is 19.7 Å². The van der Waals surface area contributed by atoms with Crippen LogP contribution in [0.15, 0.2) is 0 Å². The molecule has 0 N–H and O–H groups in total. The molecular formula is C7H8F6O4S2. The van der Waals surface area contributed by atoms with Crippen molar-refractivity contribution in [2.45, 2.75) is 35.0 Å². The van der Waals surface area contributed by atoms with Crippen molar-refractivity contribution in [1.29, 1.82) is 0 Å². The Morgan fingerprint density at radius 3 is 1.89 bits per heavy atom. The lowest BCUT2D eigenvalue weighted by atomic mass is 10.1. The van der Waals surface area contributed by atoms with Crippen molar-refractivity contribution in [2.24, 2.45) is 0 Å². The maximum absolute atomic E-state index is 13.1. The minimum absolute atomic E-state index is 0.827. The van der Waals surface area contributed by atoms with Gasteiger partial charge in [0.1, 0.15) is 0 Å². The fourth-order valence-corrected chi connectivity index (χ4v) is 5.93. The van der Waals surface area contributed by atoms with Crippen LogP contribution in [0.4, 0.5) is 26.3 Å². The van der Waals surface area contributed by atoms with Crippen LogP contribution in [0, 0.1) is 0 Å². The fraction of sp³-hybridized carbons (Fsp3) is 1.00. The van der Waals surface area contributed by atoms with E-state index in [1.165, 1.54) is 0 Å². The molecule has 1 unspecified atom stereocenters. The first kappa shape index (κ1) is 16.5. The molecule has 4 nitrogen and oxygen atoms in total. The van der Waals surface area contributed by atoms with E-state index in [1.807, 2.05) is 0 Å². The highest BCUT2D eigenvalue weighted by Gasteiger charge is 2.83. The van der Waals surface area contributed by atoms with Crippen molar-refractivity contribution < 1.29 is 43.2 Å². The van der Waals surface area contributed by atoms with Crippen molar-refractivity contribution >= 4 is 19.7 Å². The molecule has 114 valence electrons. The number of alkyl halides is 6. The first-order valence-electron chi connectivity index (χ1n) is 4.73. The van der Waals surface area contributed by atoms with Gasteiger partial charge in [-0.1, -0.05) is 6.92 Å². The standard InChI is InChI=1S/C7H8F6O4S2/c1-2-18(14,15)4-3-5(8,9)6(10,11)7(12,13)19(4,16)17/h4H,2-3H2,1H3. The Morgan fingerprint density at radius 2 is 1.53 bits per heavy atom. The van der Waals surface area contributed by atoms with E-state index >= 15 is 0 Å². The van der Waals surface area contributed by atoms with Crippen LogP contribution in [0.25, 0.3) is 0 Å². The molecule has 1 saturated heterocycles. The average Bonchev–Trinajstić information content (AvgIpc) is 2.23. The maximum atomic E-state index is 13.1. The summed E-state index contributed by atoms with van der Waals surface area (Å²) in [6.07, 6.45) is -2.39. The highest BCUT2D eigenvalue weighted by Crippen LogP contribution is 2.56. The number of rotatable bonds is 2. The van der Waals surface area contributed by atoms with Crippen molar-refractivity contribution in [2.75, 3.05) is 5.75 Å². The van der Waals surface area contributed by atoms with Gasteiger partial charge in [0, 0.05) is 12.2 Å². The molecule has 0 aromatic carbocycles. The number of sulfone groups is 2. The predicted octanol–water partition coefficient (Wildman–Crippen LogP) is 1.43. The van der Waals surface area contributed by atoms with Gasteiger partial charge in [0.2, 0.25) is 9.84 Å². The molecule has 0 radical (unpaired) electrons. The van der Waals surface area contributed by atoms with Crippen molar-refractivity contribution in [3.63, 3.8) is 0 Å². The summed E-state index contributed by atoms with van der Waals surface area (Å²) in [6.45, 7) is 0.827. The Morgan fingerprint density at radius 1 is 1.11 bits per heavy atom. The van der Waals surface area contributed by atoms with Gasteiger partial charge in [-0.05, 0) is 0 Å². The molecule has 1 heterocycles. The molecule has 0 aromatic heterocycles. The minimum Gasteiger partial charge on any atom is -0.227 e. The van der Waals surface area contributed by atoms with Crippen LogP contribution in [0.1, 0.15) is 13.3 Å². The van der Waals surface area contributed by atoms with Crippen LogP contribution in [-0.4, -0.2) is 44.3 Å². The van der Waals surface area contributed by atoms with E-state index in [0.29, 0.717) is 0 Å². The summed E-state index contributed by atoms with van der Waals surface area (Å²) >= 11 is 0. The van der Waals surface area contributed by atoms with Gasteiger partial charge in [-0.15, -0.1) is 0 Å². The molecule has 0 amide bonds. The first-order chi connectivity index (χ1) is 8.15. The molecule has 0 bridgehead atoms. The zero-order chi connectivity index (χ0) is 15.5. The molecule has 0 saturated carbocycles. The predicted molar refractivity (Wildman–Crippen MR) is 51.6 cm³/mol. The topological polar surface area (TPSA) is 68.3 Å². The lowest BCUT2D eigenvalue weighted by Gasteiger charge is -2.39. The monoisotopic (exact) mass is 334 g/mol. The molecule has 19 heavy (non-hydrogen) atoms. The largest absolute Gasteiger partial charge is 0.414 e. The van der Waals surface area contributed by atoms with E-state index in [1.54, 1.807) is 0 Å². The zero-order valence-corrected chi connectivity index (χ0v) is 10.8. The highest BCUT2D eigenvalue weighted by atomic mass is 32.3. The maximum Gasteiger partial charge on any atom is 0.414 e. The lowest BCUT2D eigenvalue weighted by molar-refractivity contribution is -0.285. The third-order valence-electron chi connectivity index (χ3n) is 2.75. The number of hydrogen-bond acceptors (Lipinski definition) is 4. The Hall–Kier alpha value is -0.520. The average molecular weight is 334 g/mol. The van der Waals surface area contributed by atoms with Gasteiger partial charge in [-0.3, -0.25) is 0 Å². The van der Waals surface area contributed by atoms with Crippen molar-refractivity contribution in [3.8, 4) is 0 Å². The Kier molecular flexibility index (Phi) is 3.47. The summed E-state index contributed by atoms with van der Waals surface area (Å²) in [5, 5.41) is -6.16. The Bertz CT molecular complexity index is 579. The van der Waals surface area contributed by atoms with Gasteiger partial charge in [0.25, 0.3) is 0 Å². The smallest absolute Gasteiger partial charge is 0.227 e. The molecule has 0 aromatic rings. The molecule has 1 fully saturated rings. The second kappa shape index (κ2) is 3.99. The first-order valence-corrected chi connectivity index (χ1v) is 8.00. The second-order valence-electron chi connectivity index (χ2n) is 3.93. The summed E-state index contributed by atoms with van der Waals surface area (Å²) in [5.41, 5.74) is 0. The summed E-state index contributed by atoms with van der Waals surface area (Å²) in [7, 11) is -11.2. The van der Waals surface area contributed by atoms with Gasteiger partial charge < -0.3 is 0 Å². The Labute approximate surface area is 104 Å². The van der Waals surface area contributed by atoms with Crippen LogP contribution in [0.5, 0.6) is 0 Å². The van der Waals surface area contributed by atoms with Gasteiger partial charge in [-0.25, -0.2) is 16.8 Å². The third-order valence-corrected chi connectivity index (χ3v) is 8.00. The van der Waals surface area contributed by atoms with Crippen LogP contribution in [0.2, 0.25) is 0 Å². The van der Waals surface area contributed by atoms with Gasteiger partial charge >= 0.3 is 17.1 Å². The summed E-state index contributed by atoms with van der Waals surface area (Å²) < 4.78 is 120. The van der Waals surface area contributed by atoms with Crippen LogP contribution in [0.3, 0.4) is 0 Å². The zero-order valence-electron chi connectivity index (χ0n) is 9.21. The molecule has 1 rings (SSSR count). The van der Waals surface area contributed by atoms with E-state index in [0.717, 1.165) is 6.92 Å². The van der Waals surface area contributed by atoms with E-state index in [-0.39, 0.29) is 0 Å². The van der Waals surface area contributed by atoms with E-state index in [2.05, 4.69) is 0 Å². The van der Waals surface area contributed by atoms with Crippen LogP contribution >= 0.6 is 0 Å². The lowest BCUT2D eigenvalue weighted by Crippen LogP contribution is -2.66. The number of halogens is 6. The second-order valence-corrected chi connectivity index (χ2v) is 8.87. The fourth-order valence-electron chi connectivity index (χ4n) is 1.51. The van der Waals surface area contributed by atoms with Gasteiger partial charge in [0.05, 0.1) is 0 Å². The van der Waals surface area contributed by atoms with E-state index < -0.39 is 53.5 Å². The van der Waals surface area contributed by atoms with Crippen LogP contribution < -0.4 is 0 Å². The van der Waals surface area contributed by atoms with E-state index in [9.17, 15) is 43.2 Å². The molecular weight excluding hydrogens is 326 g/mol. The van der Waals surface area contributed by atoms with Gasteiger partial charge in [-0.2, -0.15) is 26.3 Å². The van der Waals surface area contributed by atoms with Gasteiger partial charge in [0.15, 0.2) is 14.4 Å². The normalized spacial score (nSPS) is 31.8. The Balaban J connectivity index is 3.62. The molecule has 0 aliphatic carbocycles. The van der Waals surface area contributed by atoms with Crippen molar-refractivity contribution in [1.82, 2.24) is 0 Å². The third kappa shape index (κ3) is 1.94. The van der Waals surface area contributed by atoms with Crippen molar-refractivity contribution in [3.05, 3.63) is 0 Å². The molecule has 12 heteroatoms. The minimum atomic E-state index is -6.30. The quantitative estimate of drug-likeness (QED) is 0.717. The SMILES string of the molecule is CCS(=O)(=O)C1CC(F)(F)C(F)(F)C(F)(F)S1(=O)=O. The molecule has 1 atom stereocenters. The highest BCUT2D eigenvalue weighted by molar-refractivity contribution is 8.09. The van der Waals surface area contributed by atoms with E-state index in [4.69, 9.17) is 0 Å². The summed E-state index contributed by atoms with van der Waals surface area (Å²) in [5.74, 6) is -12.7. The molecule has 1 aliphatic heterocycles.